The molecule has 92 valence electrons. The summed E-state index contributed by atoms with van der Waals surface area (Å²) in [6.45, 7) is 2.01. The molecule has 0 unspecified atom stereocenters. The molecule has 0 aliphatic carbocycles. The first-order chi connectivity index (χ1) is 8.72. The molecule has 0 saturated carbocycles. The Morgan fingerprint density at radius 1 is 1.56 bits per heavy atom. The Bertz CT molecular complexity index is 747. The maximum absolute atomic E-state index is 11.7. The van der Waals surface area contributed by atoms with E-state index in [9.17, 15) is 4.79 Å². The van der Waals surface area contributed by atoms with Gasteiger partial charge in [0, 0.05) is 0 Å². The predicted octanol–water partition coefficient (Wildman–Crippen LogP) is 1.44. The van der Waals surface area contributed by atoms with Crippen LogP contribution in [0, 0.1) is 0 Å². The summed E-state index contributed by atoms with van der Waals surface area (Å²) < 4.78 is 6.27. The number of imidazole rings is 1. The second-order valence-corrected chi connectivity index (χ2v) is 3.91. The van der Waals surface area contributed by atoms with Crippen LogP contribution in [0.5, 0.6) is 0 Å². The molecule has 0 atom stereocenters. The van der Waals surface area contributed by atoms with Gasteiger partial charge in [0.15, 0.2) is 16.5 Å². The number of nitrogens with one attached hydrogen (secondary N) is 1. The van der Waals surface area contributed by atoms with Crippen LogP contribution in [0.1, 0.15) is 17.4 Å². The lowest BCUT2D eigenvalue weighted by Gasteiger charge is -2.01. The van der Waals surface area contributed by atoms with Crippen molar-refractivity contribution in [3.63, 3.8) is 0 Å². The van der Waals surface area contributed by atoms with Crippen molar-refractivity contribution in [1.82, 2.24) is 24.8 Å². The molecule has 7 nitrogen and oxygen atoms in total. The average Bonchev–Trinajstić information content (AvgIpc) is 2.94. The number of nitrogens with zero attached hydrogens (tertiary/aromatic N) is 4. The molecule has 3 aromatic heterocycles. The van der Waals surface area contributed by atoms with Crippen LogP contribution in [-0.2, 0) is 4.74 Å². The van der Waals surface area contributed by atoms with Crippen LogP contribution in [0.2, 0.25) is 5.15 Å². The van der Waals surface area contributed by atoms with Gasteiger partial charge in [-0.15, -0.1) is 0 Å². The highest BCUT2D eigenvalue weighted by Gasteiger charge is 2.18. The van der Waals surface area contributed by atoms with Gasteiger partial charge in [0.1, 0.15) is 5.52 Å². The van der Waals surface area contributed by atoms with Crippen molar-refractivity contribution < 1.29 is 9.53 Å². The molecule has 1 N–H and O–H groups in total. The number of halogens is 1. The fourth-order valence-electron chi connectivity index (χ4n) is 1.72. The normalized spacial score (nSPS) is 11.2. The minimum absolute atomic E-state index is 0.227. The minimum atomic E-state index is -0.493. The van der Waals surface area contributed by atoms with Gasteiger partial charge >= 0.3 is 5.97 Å². The van der Waals surface area contributed by atoms with Crippen molar-refractivity contribution in [3.05, 3.63) is 23.2 Å². The molecule has 3 aromatic rings. The maximum Gasteiger partial charge on any atom is 0.358 e. The molecule has 18 heavy (non-hydrogen) atoms. The van der Waals surface area contributed by atoms with E-state index in [2.05, 4.69) is 20.3 Å². The SMILES string of the molecule is CCOC(=O)c1cnc2c3[nH]ncc3c(Cl)nn12. The Morgan fingerprint density at radius 2 is 2.39 bits per heavy atom. The topological polar surface area (TPSA) is 85.2 Å². The van der Waals surface area contributed by atoms with Crippen LogP contribution in [0.4, 0.5) is 0 Å². The zero-order valence-corrected chi connectivity index (χ0v) is 10.1. The Balaban J connectivity index is 2.31. The highest BCUT2D eigenvalue weighted by Crippen LogP contribution is 2.23. The molecular formula is C10H8ClN5O2. The van der Waals surface area contributed by atoms with Gasteiger partial charge in [-0.2, -0.15) is 10.2 Å². The molecule has 0 radical (unpaired) electrons. The summed E-state index contributed by atoms with van der Waals surface area (Å²) in [6.07, 6.45) is 2.96. The van der Waals surface area contributed by atoms with E-state index < -0.39 is 5.97 Å². The van der Waals surface area contributed by atoms with Crippen molar-refractivity contribution >= 4 is 34.1 Å². The molecule has 0 aliphatic rings. The van der Waals surface area contributed by atoms with Gasteiger partial charge in [-0.3, -0.25) is 5.10 Å². The van der Waals surface area contributed by atoms with Gasteiger partial charge in [0.2, 0.25) is 0 Å². The number of hydrogen-bond donors (Lipinski definition) is 1. The van der Waals surface area contributed by atoms with Gasteiger partial charge in [-0.25, -0.2) is 14.3 Å². The molecule has 0 bridgehead atoms. The summed E-state index contributed by atoms with van der Waals surface area (Å²) >= 11 is 6.02. The number of rotatable bonds is 2. The average molecular weight is 266 g/mol. The summed E-state index contributed by atoms with van der Waals surface area (Å²) in [5.41, 5.74) is 1.34. The second kappa shape index (κ2) is 3.95. The molecule has 3 heterocycles. The van der Waals surface area contributed by atoms with Gasteiger partial charge in [0.05, 0.1) is 24.4 Å². The van der Waals surface area contributed by atoms with E-state index in [0.29, 0.717) is 16.6 Å². The summed E-state index contributed by atoms with van der Waals surface area (Å²) in [5.74, 6) is -0.493. The standard InChI is InChI=1S/C10H8ClN5O2/c1-2-18-10(17)6-4-12-9-7-5(3-13-14-7)8(11)15-16(6)9/h3-4H,2H2,1H3,(H,13,14). The van der Waals surface area contributed by atoms with Crippen molar-refractivity contribution in [2.45, 2.75) is 6.92 Å². The van der Waals surface area contributed by atoms with Gasteiger partial charge in [-0.05, 0) is 6.92 Å². The molecule has 0 aliphatic heterocycles. The number of fused-ring (bicyclic) bond motifs is 3. The smallest absolute Gasteiger partial charge is 0.358 e. The van der Waals surface area contributed by atoms with E-state index in [1.165, 1.54) is 10.7 Å². The lowest BCUT2D eigenvalue weighted by atomic mass is 10.4. The third-order valence-corrected chi connectivity index (χ3v) is 2.77. The van der Waals surface area contributed by atoms with Gasteiger partial charge in [-0.1, -0.05) is 11.6 Å². The molecule has 0 aromatic carbocycles. The fraction of sp³-hybridized carbons (Fsp3) is 0.200. The van der Waals surface area contributed by atoms with Gasteiger partial charge < -0.3 is 4.74 Å². The fourth-order valence-corrected chi connectivity index (χ4v) is 1.94. The lowest BCUT2D eigenvalue weighted by molar-refractivity contribution is 0.0517. The van der Waals surface area contributed by atoms with Crippen LogP contribution >= 0.6 is 11.6 Å². The number of aromatic amines is 1. The molecule has 0 fully saturated rings. The molecular weight excluding hydrogens is 258 g/mol. The predicted molar refractivity (Wildman–Crippen MR) is 63.6 cm³/mol. The first-order valence-electron chi connectivity index (χ1n) is 5.25. The number of hydrogen-bond acceptors (Lipinski definition) is 5. The molecule has 0 amide bonds. The van der Waals surface area contributed by atoms with Crippen molar-refractivity contribution in [3.8, 4) is 0 Å². The van der Waals surface area contributed by atoms with Crippen LogP contribution in [0.3, 0.4) is 0 Å². The third kappa shape index (κ3) is 1.44. The quantitative estimate of drug-likeness (QED) is 0.709. The number of ether oxygens (including phenoxy) is 1. The Hall–Kier alpha value is -2.15. The van der Waals surface area contributed by atoms with Crippen LogP contribution in [0.25, 0.3) is 16.6 Å². The van der Waals surface area contributed by atoms with Crippen molar-refractivity contribution in [2.75, 3.05) is 6.61 Å². The number of esters is 1. The van der Waals surface area contributed by atoms with Crippen molar-refractivity contribution in [2.24, 2.45) is 0 Å². The van der Waals surface area contributed by atoms with E-state index in [4.69, 9.17) is 16.3 Å². The third-order valence-electron chi connectivity index (χ3n) is 2.50. The maximum atomic E-state index is 11.7. The molecule has 3 rings (SSSR count). The highest BCUT2D eigenvalue weighted by atomic mass is 35.5. The summed E-state index contributed by atoms with van der Waals surface area (Å²) in [6, 6.07) is 0. The van der Waals surface area contributed by atoms with Crippen molar-refractivity contribution in [1.29, 1.82) is 0 Å². The monoisotopic (exact) mass is 265 g/mol. The van der Waals surface area contributed by atoms with Crippen LogP contribution in [0.15, 0.2) is 12.4 Å². The largest absolute Gasteiger partial charge is 0.461 e. The number of aromatic nitrogens is 5. The van der Waals surface area contributed by atoms with E-state index in [1.54, 1.807) is 13.1 Å². The van der Waals surface area contributed by atoms with Crippen LogP contribution in [-0.4, -0.2) is 37.4 Å². The van der Waals surface area contributed by atoms with E-state index in [-0.39, 0.29) is 17.5 Å². The van der Waals surface area contributed by atoms with Crippen LogP contribution < -0.4 is 0 Å². The highest BCUT2D eigenvalue weighted by molar-refractivity contribution is 6.34. The number of carbonyl (C=O) groups is 1. The minimum Gasteiger partial charge on any atom is -0.461 e. The zero-order chi connectivity index (χ0) is 12.7. The molecule has 8 heteroatoms. The Morgan fingerprint density at radius 3 is 3.17 bits per heavy atom. The summed E-state index contributed by atoms with van der Waals surface area (Å²) in [5, 5.41) is 11.7. The molecule has 0 spiro atoms. The first-order valence-corrected chi connectivity index (χ1v) is 5.63. The Kier molecular flexibility index (Phi) is 2.41. The first kappa shape index (κ1) is 11.0. The summed E-state index contributed by atoms with van der Waals surface area (Å²) in [4.78, 5) is 15.8. The lowest BCUT2D eigenvalue weighted by Crippen LogP contribution is -2.09. The summed E-state index contributed by atoms with van der Waals surface area (Å²) in [7, 11) is 0. The van der Waals surface area contributed by atoms with E-state index >= 15 is 0 Å². The second-order valence-electron chi connectivity index (χ2n) is 3.55. The van der Waals surface area contributed by atoms with E-state index in [0.717, 1.165) is 0 Å². The molecule has 0 saturated heterocycles. The Labute approximate surface area is 106 Å². The van der Waals surface area contributed by atoms with Gasteiger partial charge in [0.25, 0.3) is 0 Å². The number of H-pyrrole nitrogens is 1. The number of carbonyl (C=O) groups excluding carboxylic acids is 1. The van der Waals surface area contributed by atoms with E-state index in [1.807, 2.05) is 0 Å². The zero-order valence-electron chi connectivity index (χ0n) is 9.35.